The highest BCUT2D eigenvalue weighted by molar-refractivity contribution is 7.92. The second-order valence-electron chi connectivity index (χ2n) is 10.3. The van der Waals surface area contributed by atoms with Gasteiger partial charge in [0.15, 0.2) is 0 Å². The number of halogens is 1. The van der Waals surface area contributed by atoms with E-state index in [9.17, 15) is 22.4 Å². The first kappa shape index (κ1) is 30.8. The number of sulfonamides is 1. The highest BCUT2D eigenvalue weighted by Gasteiger charge is 2.31. The van der Waals surface area contributed by atoms with Crippen LogP contribution in [0, 0.1) is 12.7 Å². The predicted molar refractivity (Wildman–Crippen MR) is 157 cm³/mol. The molecule has 1 N–H and O–H groups in total. The zero-order chi connectivity index (χ0) is 29.3. The summed E-state index contributed by atoms with van der Waals surface area (Å²) in [5.74, 6) is -1.21. The zero-order valence-corrected chi connectivity index (χ0v) is 24.3. The van der Waals surface area contributed by atoms with E-state index in [1.165, 1.54) is 18.2 Å². The standard InChI is InChI=1S/C31H38FN3O4S/c1-23(2)33-31(37)29(21-25-11-6-5-7-12-25)34(22-26-18-16-24(3)17-19-26)30(36)15-10-20-35(40(4,38)39)28-14-9-8-13-27(28)32/h5-9,11-14,16-19,23,29H,10,15,20-22H2,1-4H3,(H,33,37)/t29-/m1/s1. The van der Waals surface area contributed by atoms with Crippen molar-refractivity contribution in [2.24, 2.45) is 0 Å². The van der Waals surface area contributed by atoms with Crippen LogP contribution in [0.4, 0.5) is 10.1 Å². The Bertz CT molecular complexity index is 1380. The van der Waals surface area contributed by atoms with Gasteiger partial charge in [-0.1, -0.05) is 72.3 Å². The van der Waals surface area contributed by atoms with Crippen LogP contribution < -0.4 is 9.62 Å². The number of aryl methyl sites for hydroxylation is 1. The molecule has 40 heavy (non-hydrogen) atoms. The lowest BCUT2D eigenvalue weighted by molar-refractivity contribution is -0.141. The molecule has 0 radical (unpaired) electrons. The molecule has 2 amide bonds. The van der Waals surface area contributed by atoms with Gasteiger partial charge in [-0.15, -0.1) is 0 Å². The van der Waals surface area contributed by atoms with Gasteiger partial charge >= 0.3 is 0 Å². The second kappa shape index (κ2) is 14.1. The molecule has 0 heterocycles. The fourth-order valence-corrected chi connectivity index (χ4v) is 5.43. The lowest BCUT2D eigenvalue weighted by atomic mass is 10.0. The predicted octanol–water partition coefficient (Wildman–Crippen LogP) is 4.85. The van der Waals surface area contributed by atoms with Crippen molar-refractivity contribution < 1.29 is 22.4 Å². The van der Waals surface area contributed by atoms with E-state index in [0.717, 1.165) is 27.3 Å². The molecule has 0 unspecified atom stereocenters. The Hall–Kier alpha value is -3.72. The van der Waals surface area contributed by atoms with Gasteiger partial charge in [0.05, 0.1) is 11.9 Å². The molecule has 0 fully saturated rings. The van der Waals surface area contributed by atoms with Crippen molar-refractivity contribution in [3.63, 3.8) is 0 Å². The maximum absolute atomic E-state index is 14.4. The van der Waals surface area contributed by atoms with Crippen LogP contribution in [0.25, 0.3) is 0 Å². The number of carbonyl (C=O) groups excluding carboxylic acids is 2. The van der Waals surface area contributed by atoms with Crippen LogP contribution in [0.15, 0.2) is 78.9 Å². The molecule has 0 aliphatic carbocycles. The summed E-state index contributed by atoms with van der Waals surface area (Å²) >= 11 is 0. The average molecular weight is 568 g/mol. The number of hydrogen-bond acceptors (Lipinski definition) is 4. The van der Waals surface area contributed by atoms with Crippen LogP contribution >= 0.6 is 0 Å². The Morgan fingerprint density at radius 3 is 2.12 bits per heavy atom. The van der Waals surface area contributed by atoms with Crippen LogP contribution in [0.2, 0.25) is 0 Å². The summed E-state index contributed by atoms with van der Waals surface area (Å²) in [7, 11) is -3.79. The van der Waals surface area contributed by atoms with Crippen molar-refractivity contribution in [2.75, 3.05) is 17.1 Å². The molecule has 0 aliphatic rings. The van der Waals surface area contributed by atoms with Crippen LogP contribution in [0.1, 0.15) is 43.4 Å². The van der Waals surface area contributed by atoms with Gasteiger partial charge in [0.2, 0.25) is 21.8 Å². The summed E-state index contributed by atoms with van der Waals surface area (Å²) in [6.45, 7) is 5.85. The first-order valence-electron chi connectivity index (χ1n) is 13.4. The topological polar surface area (TPSA) is 86.8 Å². The summed E-state index contributed by atoms with van der Waals surface area (Å²) in [6.07, 6.45) is 1.46. The minimum Gasteiger partial charge on any atom is -0.352 e. The van der Waals surface area contributed by atoms with E-state index in [1.807, 2.05) is 75.4 Å². The van der Waals surface area contributed by atoms with Crippen LogP contribution in [-0.2, 0) is 32.6 Å². The van der Waals surface area contributed by atoms with Crippen molar-refractivity contribution in [3.8, 4) is 0 Å². The normalized spacial score (nSPS) is 12.2. The van der Waals surface area contributed by atoms with Gasteiger partial charge < -0.3 is 10.2 Å². The average Bonchev–Trinajstić information content (AvgIpc) is 2.89. The van der Waals surface area contributed by atoms with Gasteiger partial charge in [-0.05, 0) is 50.5 Å². The number of rotatable bonds is 13. The Labute approximate surface area is 237 Å². The van der Waals surface area contributed by atoms with E-state index < -0.39 is 21.9 Å². The van der Waals surface area contributed by atoms with Crippen LogP contribution in [0.5, 0.6) is 0 Å². The minimum absolute atomic E-state index is 0.0212. The molecule has 3 aromatic carbocycles. The van der Waals surface area contributed by atoms with E-state index in [2.05, 4.69) is 5.32 Å². The maximum Gasteiger partial charge on any atom is 0.243 e. The molecule has 9 heteroatoms. The fourth-order valence-electron chi connectivity index (χ4n) is 4.46. The van der Waals surface area contributed by atoms with E-state index in [1.54, 1.807) is 11.0 Å². The lowest BCUT2D eigenvalue weighted by Gasteiger charge is -2.32. The highest BCUT2D eigenvalue weighted by Crippen LogP contribution is 2.23. The smallest absolute Gasteiger partial charge is 0.243 e. The molecule has 0 saturated carbocycles. The summed E-state index contributed by atoms with van der Waals surface area (Å²) in [6, 6.07) is 22.0. The molecule has 7 nitrogen and oxygen atoms in total. The van der Waals surface area contributed by atoms with Gasteiger partial charge in [0.1, 0.15) is 11.9 Å². The van der Waals surface area contributed by atoms with Crippen molar-refractivity contribution in [3.05, 3.63) is 101 Å². The van der Waals surface area contributed by atoms with Crippen LogP contribution in [-0.4, -0.2) is 50.0 Å². The van der Waals surface area contributed by atoms with Gasteiger partial charge in [-0.25, -0.2) is 12.8 Å². The number of hydrogen-bond donors (Lipinski definition) is 1. The molecule has 3 rings (SSSR count). The molecular weight excluding hydrogens is 529 g/mol. The monoisotopic (exact) mass is 567 g/mol. The fraction of sp³-hybridized carbons (Fsp3) is 0.355. The van der Waals surface area contributed by atoms with Crippen molar-refractivity contribution in [1.29, 1.82) is 0 Å². The van der Waals surface area contributed by atoms with E-state index in [0.29, 0.717) is 6.42 Å². The van der Waals surface area contributed by atoms with Gasteiger partial charge in [0.25, 0.3) is 0 Å². The van der Waals surface area contributed by atoms with Crippen molar-refractivity contribution in [2.45, 2.75) is 58.7 Å². The number of benzene rings is 3. The summed E-state index contributed by atoms with van der Waals surface area (Å²) < 4.78 is 40.4. The Morgan fingerprint density at radius 2 is 1.52 bits per heavy atom. The summed E-state index contributed by atoms with van der Waals surface area (Å²) in [5.41, 5.74) is 2.80. The van der Waals surface area contributed by atoms with Crippen molar-refractivity contribution in [1.82, 2.24) is 10.2 Å². The highest BCUT2D eigenvalue weighted by atomic mass is 32.2. The number of nitrogens with zero attached hydrogens (tertiary/aromatic N) is 2. The molecule has 0 aliphatic heterocycles. The van der Waals surface area contributed by atoms with Gasteiger partial charge in [-0.2, -0.15) is 0 Å². The molecule has 0 saturated heterocycles. The summed E-state index contributed by atoms with van der Waals surface area (Å²) in [5, 5.41) is 2.95. The Balaban J connectivity index is 1.88. The second-order valence-corrected chi connectivity index (χ2v) is 12.2. The Morgan fingerprint density at radius 1 is 0.900 bits per heavy atom. The van der Waals surface area contributed by atoms with E-state index >= 15 is 0 Å². The molecule has 0 bridgehead atoms. The van der Waals surface area contributed by atoms with Crippen molar-refractivity contribution >= 4 is 27.5 Å². The number of nitrogens with one attached hydrogen (secondary N) is 1. The lowest BCUT2D eigenvalue weighted by Crippen LogP contribution is -2.51. The minimum atomic E-state index is -3.79. The first-order valence-corrected chi connectivity index (χ1v) is 15.2. The third-order valence-corrected chi connectivity index (χ3v) is 7.63. The number of anilines is 1. The van der Waals surface area contributed by atoms with E-state index in [-0.39, 0.29) is 49.5 Å². The van der Waals surface area contributed by atoms with Gasteiger partial charge in [-0.3, -0.25) is 13.9 Å². The van der Waals surface area contributed by atoms with Crippen LogP contribution in [0.3, 0.4) is 0 Å². The Kier molecular flexibility index (Phi) is 10.8. The SMILES string of the molecule is Cc1ccc(CN(C(=O)CCCN(c2ccccc2F)S(C)(=O)=O)[C@H](Cc2ccccc2)C(=O)NC(C)C)cc1. The zero-order valence-electron chi connectivity index (χ0n) is 23.5. The molecular formula is C31H38FN3O4S. The number of amides is 2. The first-order chi connectivity index (χ1) is 19.0. The third kappa shape index (κ3) is 8.91. The number of carbonyl (C=O) groups is 2. The van der Waals surface area contributed by atoms with E-state index in [4.69, 9.17) is 0 Å². The molecule has 3 aromatic rings. The molecule has 0 spiro atoms. The molecule has 1 atom stereocenters. The number of para-hydroxylation sites is 1. The largest absolute Gasteiger partial charge is 0.352 e. The molecule has 0 aromatic heterocycles. The van der Waals surface area contributed by atoms with Gasteiger partial charge in [0, 0.05) is 32.0 Å². The third-order valence-electron chi connectivity index (χ3n) is 6.45. The quantitative estimate of drug-likeness (QED) is 0.320. The maximum atomic E-state index is 14.4. The molecule has 214 valence electrons. The summed E-state index contributed by atoms with van der Waals surface area (Å²) in [4.78, 5) is 28.8.